The van der Waals surface area contributed by atoms with Crippen LogP contribution in [0, 0.1) is 0 Å². The van der Waals surface area contributed by atoms with Crippen molar-refractivity contribution in [1.82, 2.24) is 0 Å². The quantitative estimate of drug-likeness (QED) is 0.0517. The summed E-state index contributed by atoms with van der Waals surface area (Å²) in [5.41, 5.74) is -0.921. The second-order valence-corrected chi connectivity index (χ2v) is 15.2. The third-order valence-electron chi connectivity index (χ3n) is 10.00. The predicted molar refractivity (Wildman–Crippen MR) is 205 cm³/mol. The predicted octanol–water partition coefficient (Wildman–Crippen LogP) is 13.5. The second kappa shape index (κ2) is 37.2. The summed E-state index contributed by atoms with van der Waals surface area (Å²) < 4.78 is 10.8. The third kappa shape index (κ3) is 37.7. The van der Waals surface area contributed by atoms with Crippen molar-refractivity contribution in [3.8, 4) is 0 Å². The fraction of sp³-hybridized carbons (Fsp3) is 0.953. The lowest BCUT2D eigenvalue weighted by atomic mass is 9.97. The summed E-state index contributed by atoms with van der Waals surface area (Å²) in [4.78, 5) is 24.1. The van der Waals surface area contributed by atoms with Gasteiger partial charge in [-0.1, -0.05) is 194 Å². The van der Waals surface area contributed by atoms with E-state index >= 15 is 0 Å². The van der Waals surface area contributed by atoms with Crippen molar-refractivity contribution in [1.29, 1.82) is 0 Å². The monoisotopic (exact) mass is 681 g/mol. The Labute approximate surface area is 299 Å². The number of rotatable bonds is 39. The van der Waals surface area contributed by atoms with E-state index in [2.05, 4.69) is 13.8 Å². The summed E-state index contributed by atoms with van der Waals surface area (Å²) in [6.45, 7) is 6.90. The lowest BCUT2D eigenvalue weighted by molar-refractivity contribution is -0.146. The minimum absolute atomic E-state index is 0.128. The Morgan fingerprint density at radius 2 is 0.667 bits per heavy atom. The van der Waals surface area contributed by atoms with E-state index < -0.39 is 5.60 Å². The van der Waals surface area contributed by atoms with Gasteiger partial charge in [-0.05, 0) is 32.6 Å². The molecule has 0 aromatic carbocycles. The van der Waals surface area contributed by atoms with Crippen LogP contribution in [0.2, 0.25) is 0 Å². The Kier molecular flexibility index (Phi) is 36.3. The molecule has 0 aromatic rings. The van der Waals surface area contributed by atoms with Crippen molar-refractivity contribution in [2.75, 3.05) is 13.2 Å². The Morgan fingerprint density at radius 3 is 0.979 bits per heavy atom. The van der Waals surface area contributed by atoms with Crippen molar-refractivity contribution in [3.05, 3.63) is 0 Å². The lowest BCUT2D eigenvalue weighted by Crippen LogP contribution is -2.27. The highest BCUT2D eigenvalue weighted by Gasteiger charge is 2.21. The largest absolute Gasteiger partial charge is 0.466 e. The van der Waals surface area contributed by atoms with Gasteiger partial charge in [-0.2, -0.15) is 0 Å². The van der Waals surface area contributed by atoms with Gasteiger partial charge in [-0.3, -0.25) is 9.59 Å². The zero-order valence-corrected chi connectivity index (χ0v) is 32.7. The van der Waals surface area contributed by atoms with E-state index in [4.69, 9.17) is 9.47 Å². The molecule has 0 rings (SSSR count). The van der Waals surface area contributed by atoms with Crippen molar-refractivity contribution in [2.24, 2.45) is 0 Å². The smallest absolute Gasteiger partial charge is 0.305 e. The fourth-order valence-electron chi connectivity index (χ4n) is 6.57. The molecule has 0 aliphatic heterocycles. The molecule has 0 amide bonds. The van der Waals surface area contributed by atoms with Gasteiger partial charge < -0.3 is 14.6 Å². The van der Waals surface area contributed by atoms with Crippen LogP contribution in [0.4, 0.5) is 0 Å². The van der Waals surface area contributed by atoms with Gasteiger partial charge in [0, 0.05) is 19.3 Å². The Morgan fingerprint density at radius 1 is 0.396 bits per heavy atom. The average Bonchev–Trinajstić information content (AvgIpc) is 3.06. The molecule has 0 saturated heterocycles. The fourth-order valence-corrected chi connectivity index (χ4v) is 6.57. The Bertz CT molecular complexity index is 676. The molecular formula is C43H84O5. The third-order valence-corrected chi connectivity index (χ3v) is 10.00. The zero-order chi connectivity index (χ0) is 35.2. The first-order chi connectivity index (χ1) is 23.4. The molecule has 0 radical (unpaired) electrons. The molecule has 0 aromatic heterocycles. The van der Waals surface area contributed by atoms with E-state index in [9.17, 15) is 14.7 Å². The minimum atomic E-state index is -0.921. The van der Waals surface area contributed by atoms with Crippen molar-refractivity contribution >= 4 is 11.9 Å². The highest BCUT2D eigenvalue weighted by Crippen LogP contribution is 2.18. The number of carbonyl (C=O) groups excluding carboxylic acids is 2. The maximum absolute atomic E-state index is 12.1. The van der Waals surface area contributed by atoms with Crippen molar-refractivity contribution in [3.63, 3.8) is 0 Å². The van der Waals surface area contributed by atoms with Crippen LogP contribution >= 0.6 is 0 Å². The molecule has 0 spiro atoms. The van der Waals surface area contributed by atoms with E-state index in [0.29, 0.717) is 38.7 Å². The SMILES string of the molecule is CCCCCCCCCCCCCCCCCC(=O)OCCCC(C)(O)CCOC(=O)CCCCCCCCCCCCCCCCC. The molecule has 1 N–H and O–H groups in total. The summed E-state index contributed by atoms with van der Waals surface area (Å²) in [5.74, 6) is -0.287. The number of hydrogen-bond acceptors (Lipinski definition) is 5. The van der Waals surface area contributed by atoms with Gasteiger partial charge in [0.15, 0.2) is 0 Å². The van der Waals surface area contributed by atoms with E-state index in [1.54, 1.807) is 6.92 Å². The summed E-state index contributed by atoms with van der Waals surface area (Å²) in [7, 11) is 0. The van der Waals surface area contributed by atoms with Crippen LogP contribution in [0.3, 0.4) is 0 Å². The number of hydrogen-bond donors (Lipinski definition) is 1. The molecule has 0 fully saturated rings. The van der Waals surface area contributed by atoms with Gasteiger partial charge in [-0.15, -0.1) is 0 Å². The highest BCUT2D eigenvalue weighted by molar-refractivity contribution is 5.69. The van der Waals surface area contributed by atoms with Crippen molar-refractivity contribution < 1.29 is 24.2 Å². The second-order valence-electron chi connectivity index (χ2n) is 15.2. The number of esters is 2. The van der Waals surface area contributed by atoms with E-state index in [1.165, 1.54) is 167 Å². The maximum Gasteiger partial charge on any atom is 0.305 e. The molecule has 0 saturated carbocycles. The molecule has 5 heteroatoms. The number of carbonyl (C=O) groups is 2. The van der Waals surface area contributed by atoms with Crippen LogP contribution in [0.5, 0.6) is 0 Å². The highest BCUT2D eigenvalue weighted by atomic mass is 16.5. The van der Waals surface area contributed by atoms with Crippen LogP contribution in [-0.4, -0.2) is 35.9 Å². The van der Waals surface area contributed by atoms with E-state index in [1.807, 2.05) is 0 Å². The van der Waals surface area contributed by atoms with Crippen LogP contribution < -0.4 is 0 Å². The molecule has 1 unspecified atom stereocenters. The first-order valence-electron chi connectivity index (χ1n) is 21.4. The molecule has 0 aliphatic rings. The summed E-state index contributed by atoms with van der Waals surface area (Å²) in [6, 6.07) is 0. The van der Waals surface area contributed by atoms with Crippen LogP contribution in [0.15, 0.2) is 0 Å². The van der Waals surface area contributed by atoms with Crippen LogP contribution in [0.25, 0.3) is 0 Å². The number of aliphatic hydroxyl groups is 1. The first kappa shape index (κ1) is 46.9. The van der Waals surface area contributed by atoms with Gasteiger partial charge in [0.25, 0.3) is 0 Å². The molecule has 286 valence electrons. The summed E-state index contributed by atoms with van der Waals surface area (Å²) >= 11 is 0. The molecule has 1 atom stereocenters. The van der Waals surface area contributed by atoms with Gasteiger partial charge in [0.05, 0.1) is 18.8 Å². The molecule has 0 bridgehead atoms. The standard InChI is InChI=1S/C43H84O5/c1-4-6-8-10-12-14-16-18-20-22-24-26-28-30-32-35-41(44)47-39-34-37-43(3,46)38-40-48-42(45)36-33-31-29-27-25-23-21-19-17-15-13-11-9-7-5-2/h46H,4-40H2,1-3H3. The minimum Gasteiger partial charge on any atom is -0.466 e. The van der Waals surface area contributed by atoms with Crippen LogP contribution in [-0.2, 0) is 19.1 Å². The molecule has 0 heterocycles. The molecule has 0 aliphatic carbocycles. The first-order valence-corrected chi connectivity index (χ1v) is 21.4. The van der Waals surface area contributed by atoms with E-state index in [-0.39, 0.29) is 18.5 Å². The summed E-state index contributed by atoms with van der Waals surface area (Å²) in [5, 5.41) is 10.6. The Hall–Kier alpha value is -1.10. The average molecular weight is 681 g/mol. The molecule has 5 nitrogen and oxygen atoms in total. The Balaban J connectivity index is 3.46. The molecular weight excluding hydrogens is 596 g/mol. The van der Waals surface area contributed by atoms with Gasteiger partial charge in [0.1, 0.15) is 0 Å². The van der Waals surface area contributed by atoms with Gasteiger partial charge >= 0.3 is 11.9 Å². The topological polar surface area (TPSA) is 72.8 Å². The van der Waals surface area contributed by atoms with E-state index in [0.717, 1.165) is 25.7 Å². The molecule has 48 heavy (non-hydrogen) atoms. The lowest BCUT2D eigenvalue weighted by Gasteiger charge is -2.23. The van der Waals surface area contributed by atoms with Crippen LogP contribution in [0.1, 0.15) is 245 Å². The van der Waals surface area contributed by atoms with Gasteiger partial charge in [-0.25, -0.2) is 0 Å². The number of ether oxygens (including phenoxy) is 2. The van der Waals surface area contributed by atoms with Gasteiger partial charge in [0.2, 0.25) is 0 Å². The normalized spacial score (nSPS) is 12.7. The zero-order valence-electron chi connectivity index (χ0n) is 32.7. The maximum atomic E-state index is 12.1. The number of unbranched alkanes of at least 4 members (excludes halogenated alkanes) is 28. The summed E-state index contributed by atoms with van der Waals surface area (Å²) in [6.07, 6.45) is 41.9. The van der Waals surface area contributed by atoms with Crippen molar-refractivity contribution in [2.45, 2.75) is 251 Å².